The summed E-state index contributed by atoms with van der Waals surface area (Å²) in [6.07, 6.45) is 8.65. The topological polar surface area (TPSA) is 116 Å². The molecule has 170 valence electrons. The van der Waals surface area contributed by atoms with E-state index in [9.17, 15) is 4.79 Å². The third-order valence-corrected chi connectivity index (χ3v) is 6.12. The Labute approximate surface area is 197 Å². The second-order valence-electron chi connectivity index (χ2n) is 8.02. The number of unbranched alkanes of at least 4 members (excludes halogenated alkanes) is 2. The fraction of sp³-hybridized carbons (Fsp3) is 0.409. The van der Waals surface area contributed by atoms with Gasteiger partial charge in [-0.25, -0.2) is 9.39 Å². The molecule has 1 aliphatic heterocycles. The number of fused-ring (bicyclic) bond motifs is 2. The highest BCUT2D eigenvalue weighted by molar-refractivity contribution is 9.18. The monoisotopic (exact) mass is 510 g/mol. The van der Waals surface area contributed by atoms with E-state index in [2.05, 4.69) is 53.2 Å². The fourth-order valence-electron chi connectivity index (χ4n) is 4.01. The average molecular weight is 511 g/mol. The van der Waals surface area contributed by atoms with Crippen LogP contribution in [0.3, 0.4) is 0 Å². The van der Waals surface area contributed by atoms with Gasteiger partial charge in [0.1, 0.15) is 11.6 Å². The maximum absolute atomic E-state index is 13.3. The molecule has 33 heavy (non-hydrogen) atoms. The van der Waals surface area contributed by atoms with E-state index < -0.39 is 0 Å². The lowest BCUT2D eigenvalue weighted by Gasteiger charge is -2.12. The lowest BCUT2D eigenvalue weighted by Crippen LogP contribution is -2.24. The van der Waals surface area contributed by atoms with Gasteiger partial charge in [0.15, 0.2) is 5.82 Å². The van der Waals surface area contributed by atoms with Crippen LogP contribution in [0.1, 0.15) is 54.9 Å². The van der Waals surface area contributed by atoms with Gasteiger partial charge >= 0.3 is 0 Å². The van der Waals surface area contributed by atoms with Crippen LogP contribution in [0.5, 0.6) is 0 Å². The molecular weight excluding hydrogens is 488 g/mol. The Balaban J connectivity index is 1.39. The molecule has 0 amide bonds. The number of aliphatic imine (C=N–C) groups is 1. The Morgan fingerprint density at radius 1 is 1.15 bits per heavy atom. The van der Waals surface area contributed by atoms with Crippen molar-refractivity contribution in [1.82, 2.24) is 34.3 Å². The number of halogens is 1. The number of hydrogen-bond donors (Lipinski definition) is 0. The van der Waals surface area contributed by atoms with Crippen LogP contribution in [0.2, 0.25) is 0 Å². The van der Waals surface area contributed by atoms with Crippen LogP contribution in [-0.2, 0) is 32.2 Å². The number of nitrogens with zero attached hydrogens (tertiary/aromatic N) is 8. The van der Waals surface area contributed by atoms with Crippen molar-refractivity contribution in [3.8, 4) is 0 Å². The summed E-state index contributed by atoms with van der Waals surface area (Å²) in [6, 6.07) is 3.84. The summed E-state index contributed by atoms with van der Waals surface area (Å²) in [7, 11) is 0. The number of hydrogen-bond acceptors (Lipinski definition) is 8. The van der Waals surface area contributed by atoms with Gasteiger partial charge in [0.2, 0.25) is 11.7 Å². The number of aryl methyl sites for hydroxylation is 3. The van der Waals surface area contributed by atoms with Crippen LogP contribution in [-0.4, -0.2) is 38.9 Å². The van der Waals surface area contributed by atoms with Crippen molar-refractivity contribution in [1.29, 1.82) is 0 Å². The minimum atomic E-state index is -0.117. The first kappa shape index (κ1) is 21.6. The van der Waals surface area contributed by atoms with Gasteiger partial charge in [-0.05, 0) is 40.0 Å². The molecule has 0 saturated heterocycles. The van der Waals surface area contributed by atoms with Crippen LogP contribution in [0.15, 0.2) is 38.8 Å². The zero-order chi connectivity index (χ0) is 22.8. The minimum absolute atomic E-state index is 0.117. The molecule has 0 radical (unpaired) electrons. The summed E-state index contributed by atoms with van der Waals surface area (Å²) in [4.78, 5) is 26.3. The van der Waals surface area contributed by atoms with Crippen molar-refractivity contribution in [2.24, 2.45) is 4.99 Å². The lowest BCUT2D eigenvalue weighted by atomic mass is 10.2. The van der Waals surface area contributed by atoms with E-state index in [4.69, 9.17) is 4.52 Å². The Bertz CT molecular complexity index is 1370. The van der Waals surface area contributed by atoms with Crippen molar-refractivity contribution in [2.75, 3.05) is 0 Å². The predicted octanol–water partition coefficient (Wildman–Crippen LogP) is 3.22. The molecule has 0 N–H and O–H groups in total. The standard InChI is InChI=1S/C22H23BrN8O2/c1-2-3-4-11-30-20-15(13-16(23)25-20)21(32)31-18(27-28-22(30)31)5-6-19-26-17(29-33-19)12-14-7-9-24-10-8-14/h7-10H,2-6,11-13H2,1H3. The van der Waals surface area contributed by atoms with Crippen molar-refractivity contribution < 1.29 is 4.52 Å². The maximum atomic E-state index is 13.3. The van der Waals surface area contributed by atoms with Crippen molar-refractivity contribution in [3.63, 3.8) is 0 Å². The van der Waals surface area contributed by atoms with Gasteiger partial charge in [0.05, 0.1) is 10.2 Å². The van der Waals surface area contributed by atoms with Gasteiger partial charge in [-0.2, -0.15) is 4.98 Å². The fourth-order valence-corrected chi connectivity index (χ4v) is 4.46. The van der Waals surface area contributed by atoms with Crippen LogP contribution >= 0.6 is 15.9 Å². The molecule has 0 aliphatic carbocycles. The summed E-state index contributed by atoms with van der Waals surface area (Å²) in [5.74, 6) is 2.91. The van der Waals surface area contributed by atoms with Crippen molar-refractivity contribution in [2.45, 2.75) is 58.4 Å². The van der Waals surface area contributed by atoms with Gasteiger partial charge in [-0.1, -0.05) is 24.9 Å². The predicted molar refractivity (Wildman–Crippen MR) is 125 cm³/mol. The quantitative estimate of drug-likeness (QED) is 0.317. The molecule has 0 unspecified atom stereocenters. The summed E-state index contributed by atoms with van der Waals surface area (Å²) >= 11 is 3.46. The highest BCUT2D eigenvalue weighted by Gasteiger charge is 2.25. The second kappa shape index (κ2) is 9.34. The van der Waals surface area contributed by atoms with E-state index in [1.807, 2.05) is 16.7 Å². The van der Waals surface area contributed by atoms with Crippen LogP contribution in [0.4, 0.5) is 5.82 Å². The third kappa shape index (κ3) is 4.37. The van der Waals surface area contributed by atoms with Crippen LogP contribution in [0.25, 0.3) is 5.78 Å². The molecule has 0 bridgehead atoms. The van der Waals surface area contributed by atoms with E-state index in [1.54, 1.807) is 16.8 Å². The minimum Gasteiger partial charge on any atom is -0.339 e. The van der Waals surface area contributed by atoms with Gasteiger partial charge in [-0.15, -0.1) is 10.2 Å². The molecule has 0 saturated carbocycles. The largest absolute Gasteiger partial charge is 0.339 e. The smallest absolute Gasteiger partial charge is 0.266 e. The van der Waals surface area contributed by atoms with Gasteiger partial charge in [-0.3, -0.25) is 14.3 Å². The molecule has 1 aliphatic rings. The first-order valence-electron chi connectivity index (χ1n) is 11.1. The summed E-state index contributed by atoms with van der Waals surface area (Å²) in [6.45, 7) is 2.90. The molecule has 0 fully saturated rings. The number of pyridine rings is 1. The van der Waals surface area contributed by atoms with E-state index in [0.717, 1.165) is 36.0 Å². The average Bonchev–Trinajstić information content (AvgIpc) is 3.54. The molecule has 4 aromatic heterocycles. The summed E-state index contributed by atoms with van der Waals surface area (Å²) in [5.41, 5.74) is 1.62. The molecule has 5 rings (SSSR count). The van der Waals surface area contributed by atoms with Crippen molar-refractivity contribution >= 4 is 32.1 Å². The molecule has 0 atom stereocenters. The third-order valence-electron chi connectivity index (χ3n) is 5.66. The molecule has 5 heterocycles. The molecule has 10 nitrogen and oxygen atoms in total. The number of rotatable bonds is 9. The van der Waals surface area contributed by atoms with Crippen LogP contribution < -0.4 is 5.56 Å². The molecule has 11 heteroatoms. The van der Waals surface area contributed by atoms with Crippen molar-refractivity contribution in [3.05, 3.63) is 63.5 Å². The zero-order valence-corrected chi connectivity index (χ0v) is 19.8. The molecular formula is C22H23BrN8O2. The summed E-state index contributed by atoms with van der Waals surface area (Å²) < 4.78 is 9.79. The second-order valence-corrected chi connectivity index (χ2v) is 8.93. The van der Waals surface area contributed by atoms with E-state index in [-0.39, 0.29) is 5.56 Å². The highest BCUT2D eigenvalue weighted by atomic mass is 79.9. The Hall–Kier alpha value is -3.21. The molecule has 0 spiro atoms. The molecule has 0 aromatic carbocycles. The first-order chi connectivity index (χ1) is 16.1. The molecule has 4 aromatic rings. The Kier molecular flexibility index (Phi) is 6.12. The Morgan fingerprint density at radius 2 is 2.00 bits per heavy atom. The van der Waals surface area contributed by atoms with Gasteiger partial charge in [0.25, 0.3) is 5.56 Å². The highest BCUT2D eigenvalue weighted by Crippen LogP contribution is 2.28. The number of aromatic nitrogens is 7. The van der Waals surface area contributed by atoms with Crippen LogP contribution in [0, 0.1) is 0 Å². The zero-order valence-electron chi connectivity index (χ0n) is 18.2. The van der Waals surface area contributed by atoms with E-state index in [1.165, 1.54) is 0 Å². The van der Waals surface area contributed by atoms with E-state index >= 15 is 0 Å². The maximum Gasteiger partial charge on any atom is 0.266 e. The normalized spacial score (nSPS) is 13.0. The summed E-state index contributed by atoms with van der Waals surface area (Å²) in [5, 5.41) is 12.7. The first-order valence-corrected chi connectivity index (χ1v) is 11.9. The Morgan fingerprint density at radius 3 is 2.82 bits per heavy atom. The van der Waals surface area contributed by atoms with Gasteiger partial charge in [0, 0.05) is 44.6 Å². The van der Waals surface area contributed by atoms with E-state index in [0.29, 0.717) is 60.4 Å². The van der Waals surface area contributed by atoms with Gasteiger partial charge < -0.3 is 4.52 Å². The lowest BCUT2D eigenvalue weighted by molar-refractivity contribution is 0.373. The SMILES string of the molecule is CCCCCn1c2c(c(=O)n3c(CCc4nc(Cc5ccncc5)no4)nnc13)CC(Br)=N2.